The van der Waals surface area contributed by atoms with Crippen LogP contribution in [0, 0.1) is 0 Å². The molecule has 2 N–H and O–H groups in total. The van der Waals surface area contributed by atoms with E-state index in [1.165, 1.54) is 0 Å². The van der Waals surface area contributed by atoms with Gasteiger partial charge in [0.2, 0.25) is 0 Å². The van der Waals surface area contributed by atoms with Crippen molar-refractivity contribution in [3.05, 3.63) is 48.0 Å². The van der Waals surface area contributed by atoms with Crippen molar-refractivity contribution in [2.75, 3.05) is 26.0 Å². The summed E-state index contributed by atoms with van der Waals surface area (Å²) in [5, 5.41) is 11.3. The average molecular weight is 432 g/mol. The Balaban J connectivity index is 1.68. The molecule has 0 unspecified atom stereocenters. The number of hydrogen-bond donors (Lipinski definition) is 2. The summed E-state index contributed by atoms with van der Waals surface area (Å²) in [6.45, 7) is 0.215. The molecule has 2 aromatic rings. The predicted molar refractivity (Wildman–Crippen MR) is 115 cm³/mol. The van der Waals surface area contributed by atoms with Gasteiger partial charge in [0.25, 0.3) is 5.91 Å². The summed E-state index contributed by atoms with van der Waals surface area (Å²) >= 11 is 0. The van der Waals surface area contributed by atoms with Crippen molar-refractivity contribution >= 4 is 29.1 Å². The van der Waals surface area contributed by atoms with Crippen LogP contribution < -0.4 is 14.7 Å². The molecule has 160 valence electrons. The van der Waals surface area contributed by atoms with E-state index in [-0.39, 0.29) is 17.8 Å². The molecule has 0 aromatic heterocycles. The van der Waals surface area contributed by atoms with Gasteiger partial charge in [-0.1, -0.05) is 6.07 Å². The Labute approximate surface area is 177 Å². The molecule has 1 saturated carbocycles. The smallest absolute Gasteiger partial charge is 0.504 e. The van der Waals surface area contributed by atoms with E-state index < -0.39 is 17.5 Å². The first-order chi connectivity index (χ1) is 14.3. The number of carbonyl (C=O) groups excluding carboxylic acids is 1. The molecule has 10 heteroatoms. The lowest BCUT2D eigenvalue weighted by atomic mass is 10.2. The number of nitrogens with zero attached hydrogens (tertiary/aromatic N) is 1. The predicted octanol–water partition coefficient (Wildman–Crippen LogP) is 1.34. The molecule has 8 nitrogen and oxygen atoms in total. The first-order valence-electron chi connectivity index (χ1n) is 9.57. The molecule has 0 aliphatic heterocycles. The van der Waals surface area contributed by atoms with Crippen molar-refractivity contribution in [1.82, 2.24) is 4.90 Å². The first-order valence-corrected chi connectivity index (χ1v) is 11.1. The zero-order valence-corrected chi connectivity index (χ0v) is 17.8. The maximum absolute atomic E-state index is 12.7. The zero-order valence-electron chi connectivity index (χ0n) is 17.0. The monoisotopic (exact) mass is 432 g/mol. The molecule has 1 amide bonds. The summed E-state index contributed by atoms with van der Waals surface area (Å²) in [5.41, 5.74) is 1.16. The van der Waals surface area contributed by atoms with E-state index in [0.29, 0.717) is 47.0 Å². The Hall–Kier alpha value is -2.56. The normalized spacial score (nSPS) is 13.7. The average Bonchev–Trinajstić information content (AvgIpc) is 3.52. The number of carbonyl (C=O) groups is 1. The number of amides is 1. The molecule has 0 radical (unpaired) electrons. The van der Waals surface area contributed by atoms with Crippen LogP contribution in [0.1, 0.15) is 18.4 Å². The van der Waals surface area contributed by atoms with E-state index >= 15 is 0 Å². The van der Waals surface area contributed by atoms with Crippen LogP contribution in [0.25, 0.3) is 0 Å². The van der Waals surface area contributed by atoms with Crippen LogP contribution in [0.15, 0.2) is 47.4 Å². The molecule has 2 aromatic carbocycles. The molecule has 0 spiro atoms. The van der Waals surface area contributed by atoms with E-state index in [1.807, 2.05) is 19.0 Å². The highest BCUT2D eigenvalue weighted by Gasteiger charge is 2.38. The summed E-state index contributed by atoms with van der Waals surface area (Å²) in [4.78, 5) is 14.5. The topological polar surface area (TPSA) is 105 Å². The number of ether oxygens (including phenoxy) is 1. The van der Waals surface area contributed by atoms with E-state index in [4.69, 9.17) is 14.4 Å². The van der Waals surface area contributed by atoms with Gasteiger partial charge in [-0.2, -0.15) is 0 Å². The maximum atomic E-state index is 12.7. The molecular weight excluding hydrogens is 407 g/mol. The lowest BCUT2D eigenvalue weighted by Gasteiger charge is -2.16. The van der Waals surface area contributed by atoms with Gasteiger partial charge < -0.3 is 24.6 Å². The number of sulfone groups is 1. The Kier molecular flexibility index (Phi) is 7.01. The number of hydrogen-bond acceptors (Lipinski definition) is 7. The summed E-state index contributed by atoms with van der Waals surface area (Å²) in [6, 6.07) is 11.4. The Morgan fingerprint density at radius 2 is 1.93 bits per heavy atom. The second-order valence-corrected chi connectivity index (χ2v) is 9.59. The van der Waals surface area contributed by atoms with Crippen molar-refractivity contribution < 1.29 is 27.6 Å². The van der Waals surface area contributed by atoms with Crippen LogP contribution >= 0.6 is 0 Å². The van der Waals surface area contributed by atoms with Crippen molar-refractivity contribution in [1.29, 1.82) is 0 Å². The molecule has 1 aliphatic carbocycles. The minimum atomic E-state index is -3.34. The van der Waals surface area contributed by atoms with Gasteiger partial charge in [0.15, 0.2) is 16.4 Å². The SMILES string of the molecule is CN(C)Cc1cc(NC(=O)COc2cccc(OBO)c2)ccc1S(=O)(=O)C1CC1. The van der Waals surface area contributed by atoms with Crippen LogP contribution in [-0.2, 0) is 21.2 Å². The summed E-state index contributed by atoms with van der Waals surface area (Å²) in [5.74, 6) is 0.476. The zero-order chi connectivity index (χ0) is 21.7. The van der Waals surface area contributed by atoms with E-state index in [9.17, 15) is 13.2 Å². The molecule has 0 bridgehead atoms. The van der Waals surface area contributed by atoms with Gasteiger partial charge in [0, 0.05) is 18.3 Å². The quantitative estimate of drug-likeness (QED) is 0.546. The van der Waals surface area contributed by atoms with Gasteiger partial charge in [-0.3, -0.25) is 4.79 Å². The van der Waals surface area contributed by atoms with Gasteiger partial charge in [-0.25, -0.2) is 8.42 Å². The van der Waals surface area contributed by atoms with E-state index in [1.54, 1.807) is 42.5 Å². The maximum Gasteiger partial charge on any atom is 0.504 e. The molecule has 0 atom stereocenters. The molecule has 30 heavy (non-hydrogen) atoms. The van der Waals surface area contributed by atoms with Crippen molar-refractivity contribution in [3.63, 3.8) is 0 Å². The third kappa shape index (κ3) is 5.75. The van der Waals surface area contributed by atoms with Gasteiger partial charge in [-0.05, 0) is 62.8 Å². The van der Waals surface area contributed by atoms with Gasteiger partial charge in [-0.15, -0.1) is 0 Å². The van der Waals surface area contributed by atoms with Crippen molar-refractivity contribution in [3.8, 4) is 11.5 Å². The Morgan fingerprint density at radius 3 is 2.60 bits per heavy atom. The summed E-state index contributed by atoms with van der Waals surface area (Å²) in [7, 11) is -0.0642. The van der Waals surface area contributed by atoms with Crippen molar-refractivity contribution in [2.24, 2.45) is 0 Å². The molecular formula is C20H25BN2O6S. The molecule has 0 saturated heterocycles. The number of rotatable bonds is 10. The van der Waals surface area contributed by atoms with Gasteiger partial charge >= 0.3 is 7.69 Å². The molecule has 1 fully saturated rings. The minimum Gasteiger partial charge on any atom is -0.539 e. The summed E-state index contributed by atoms with van der Waals surface area (Å²) in [6.07, 6.45) is 1.40. The fourth-order valence-corrected chi connectivity index (χ4v) is 4.89. The van der Waals surface area contributed by atoms with Crippen LogP contribution in [-0.4, -0.2) is 57.9 Å². The standard InChI is InChI=1S/C20H25BN2O6S/c1-23(2)12-14-10-15(6-9-19(14)30(26,27)18-7-8-18)22-20(24)13-28-16-4-3-5-17(11-16)29-21-25/h3-6,9-11,18,21,25H,7-8,12-13H2,1-2H3,(H,22,24). The molecule has 1 aliphatic rings. The van der Waals surface area contributed by atoms with Crippen LogP contribution in [0.5, 0.6) is 11.5 Å². The van der Waals surface area contributed by atoms with Crippen LogP contribution in [0.2, 0.25) is 0 Å². The first kappa shape index (κ1) is 22.1. The van der Waals surface area contributed by atoms with E-state index in [0.717, 1.165) is 0 Å². The lowest BCUT2D eigenvalue weighted by molar-refractivity contribution is -0.118. The lowest BCUT2D eigenvalue weighted by Crippen LogP contribution is -2.21. The molecule has 3 rings (SSSR count). The van der Waals surface area contributed by atoms with Gasteiger partial charge in [0.1, 0.15) is 11.5 Å². The highest BCUT2D eigenvalue weighted by molar-refractivity contribution is 7.92. The number of nitrogens with one attached hydrogen (secondary N) is 1. The third-order valence-electron chi connectivity index (χ3n) is 4.51. The fourth-order valence-electron chi connectivity index (χ4n) is 3.03. The minimum absolute atomic E-state index is 0.228. The highest BCUT2D eigenvalue weighted by Crippen LogP contribution is 2.36. The third-order valence-corrected chi connectivity index (χ3v) is 6.87. The second kappa shape index (κ2) is 9.50. The van der Waals surface area contributed by atoms with Gasteiger partial charge in [0.05, 0.1) is 10.1 Å². The second-order valence-electron chi connectivity index (χ2n) is 7.39. The Bertz CT molecular complexity index is 1010. The largest absolute Gasteiger partial charge is 0.539 e. The number of anilines is 1. The van der Waals surface area contributed by atoms with Crippen molar-refractivity contribution in [2.45, 2.75) is 29.5 Å². The Morgan fingerprint density at radius 1 is 1.20 bits per heavy atom. The van der Waals surface area contributed by atoms with Crippen LogP contribution in [0.4, 0.5) is 5.69 Å². The molecule has 0 heterocycles. The number of benzene rings is 2. The highest BCUT2D eigenvalue weighted by atomic mass is 32.2. The summed E-state index contributed by atoms with van der Waals surface area (Å²) < 4.78 is 35.9. The van der Waals surface area contributed by atoms with Crippen LogP contribution in [0.3, 0.4) is 0 Å². The van der Waals surface area contributed by atoms with E-state index in [2.05, 4.69) is 5.32 Å². The fraction of sp³-hybridized carbons (Fsp3) is 0.350.